The minimum absolute atomic E-state index is 0.0346. The van der Waals surface area contributed by atoms with Crippen molar-refractivity contribution in [2.45, 2.75) is 0 Å². The second-order valence-electron chi connectivity index (χ2n) is 4.60. The highest BCUT2D eigenvalue weighted by Crippen LogP contribution is 2.29. The number of nitro benzene ring substituents is 1. The van der Waals surface area contributed by atoms with Crippen molar-refractivity contribution in [2.75, 3.05) is 7.11 Å². The summed E-state index contributed by atoms with van der Waals surface area (Å²) >= 11 is 0. The van der Waals surface area contributed by atoms with Crippen LogP contribution in [-0.4, -0.2) is 28.2 Å². The number of benzene rings is 2. The second-order valence-corrected chi connectivity index (χ2v) is 4.60. The van der Waals surface area contributed by atoms with Gasteiger partial charge in [0.15, 0.2) is 11.5 Å². The molecule has 0 aliphatic heterocycles. The van der Waals surface area contributed by atoms with Gasteiger partial charge in [-0.25, -0.2) is 4.79 Å². The molecule has 2 aromatic rings. The summed E-state index contributed by atoms with van der Waals surface area (Å²) in [6.45, 7) is 0. The zero-order chi connectivity index (χ0) is 17.0. The Bertz CT molecular complexity index is 780. The van der Waals surface area contributed by atoms with E-state index < -0.39 is 10.9 Å². The summed E-state index contributed by atoms with van der Waals surface area (Å²) in [5.74, 6) is -1.02. The molecule has 0 amide bonds. The maximum Gasteiger partial charge on any atom is 0.336 e. The van der Waals surface area contributed by atoms with E-state index in [1.807, 2.05) is 0 Å². The van der Waals surface area contributed by atoms with Crippen molar-refractivity contribution in [1.29, 1.82) is 0 Å². The fraction of sp³-hybridized carbons (Fsp3) is 0.0625. The number of nitro groups is 1. The fourth-order valence-corrected chi connectivity index (χ4v) is 1.98. The Morgan fingerprint density at radius 1 is 1.22 bits per heavy atom. The van der Waals surface area contributed by atoms with E-state index in [0.717, 1.165) is 0 Å². The lowest BCUT2D eigenvalue weighted by atomic mass is 10.0. The normalized spacial score (nSPS) is 11.1. The first-order valence-corrected chi connectivity index (χ1v) is 6.49. The average Bonchev–Trinajstić information content (AvgIpc) is 2.53. The molecule has 0 fully saturated rings. The van der Waals surface area contributed by atoms with Crippen molar-refractivity contribution in [3.8, 4) is 11.5 Å². The summed E-state index contributed by atoms with van der Waals surface area (Å²) in [6.07, 6.45) is 1.39. The molecule has 118 valence electrons. The predicted molar refractivity (Wildman–Crippen MR) is 83.3 cm³/mol. The lowest BCUT2D eigenvalue weighted by Gasteiger charge is -2.06. The van der Waals surface area contributed by atoms with Crippen molar-refractivity contribution in [1.82, 2.24) is 0 Å². The zero-order valence-corrected chi connectivity index (χ0v) is 12.1. The zero-order valence-electron chi connectivity index (χ0n) is 12.1. The van der Waals surface area contributed by atoms with Crippen LogP contribution in [0.1, 0.15) is 11.1 Å². The number of hydrogen-bond acceptors (Lipinski definition) is 5. The van der Waals surface area contributed by atoms with Crippen LogP contribution in [0.4, 0.5) is 5.69 Å². The molecule has 0 saturated carbocycles. The Hall–Kier alpha value is -3.35. The first kappa shape index (κ1) is 16.0. The van der Waals surface area contributed by atoms with Gasteiger partial charge >= 0.3 is 5.97 Å². The molecule has 0 aliphatic rings. The second kappa shape index (κ2) is 6.61. The van der Waals surface area contributed by atoms with Gasteiger partial charge in [0, 0.05) is 12.1 Å². The topological polar surface area (TPSA) is 110 Å². The number of carboxylic acids is 1. The first-order chi connectivity index (χ1) is 10.9. The first-order valence-electron chi connectivity index (χ1n) is 6.49. The van der Waals surface area contributed by atoms with Gasteiger partial charge in [-0.2, -0.15) is 0 Å². The van der Waals surface area contributed by atoms with Gasteiger partial charge in [0.1, 0.15) is 0 Å². The predicted octanol–water partition coefficient (Wildman–Crippen LogP) is 2.93. The molecule has 23 heavy (non-hydrogen) atoms. The summed E-state index contributed by atoms with van der Waals surface area (Å²) in [4.78, 5) is 21.6. The molecule has 2 rings (SSSR count). The fourth-order valence-electron chi connectivity index (χ4n) is 1.98. The quantitative estimate of drug-likeness (QED) is 0.380. The van der Waals surface area contributed by atoms with Crippen LogP contribution in [0.5, 0.6) is 11.5 Å². The molecular formula is C16H13NO6. The number of non-ortho nitro benzene ring substituents is 1. The van der Waals surface area contributed by atoms with Crippen LogP contribution in [0, 0.1) is 10.1 Å². The number of aromatic hydroxyl groups is 1. The highest BCUT2D eigenvalue weighted by molar-refractivity contribution is 6.20. The molecule has 0 aromatic heterocycles. The van der Waals surface area contributed by atoms with Gasteiger partial charge in [0.25, 0.3) is 5.69 Å². The van der Waals surface area contributed by atoms with E-state index in [9.17, 15) is 25.1 Å². The van der Waals surface area contributed by atoms with Gasteiger partial charge in [-0.3, -0.25) is 10.1 Å². The number of phenolic OH excluding ortho intramolecular Hbond substituents is 1. The van der Waals surface area contributed by atoms with Crippen LogP contribution in [0.15, 0.2) is 42.5 Å². The molecule has 7 nitrogen and oxygen atoms in total. The monoisotopic (exact) mass is 315 g/mol. The summed E-state index contributed by atoms with van der Waals surface area (Å²) in [5.41, 5.74) is 0.683. The highest BCUT2D eigenvalue weighted by atomic mass is 16.6. The number of nitrogens with zero attached hydrogens (tertiary/aromatic N) is 1. The number of carbonyl (C=O) groups is 1. The van der Waals surface area contributed by atoms with E-state index in [0.29, 0.717) is 11.1 Å². The number of aliphatic carboxylic acids is 1. The number of carboxylic acid groups (broad SMARTS) is 1. The van der Waals surface area contributed by atoms with Crippen LogP contribution in [-0.2, 0) is 4.79 Å². The number of hydrogen-bond donors (Lipinski definition) is 2. The van der Waals surface area contributed by atoms with Crippen LogP contribution in [0.2, 0.25) is 0 Å². The third-order valence-electron chi connectivity index (χ3n) is 3.13. The average molecular weight is 315 g/mol. The van der Waals surface area contributed by atoms with E-state index in [1.165, 1.54) is 55.7 Å². The van der Waals surface area contributed by atoms with E-state index in [1.54, 1.807) is 0 Å². The maximum absolute atomic E-state index is 11.5. The SMILES string of the molecule is COc1cc(/C=C(/C(=O)O)c2ccc([N+](=O)[O-])cc2)ccc1O. The molecule has 0 unspecified atom stereocenters. The molecule has 0 atom stereocenters. The maximum atomic E-state index is 11.5. The van der Waals surface area contributed by atoms with E-state index in [4.69, 9.17) is 4.74 Å². The van der Waals surface area contributed by atoms with Crippen LogP contribution >= 0.6 is 0 Å². The molecule has 0 saturated heterocycles. The molecule has 0 aliphatic carbocycles. The summed E-state index contributed by atoms with van der Waals surface area (Å²) in [7, 11) is 1.39. The number of rotatable bonds is 5. The Morgan fingerprint density at radius 2 is 1.87 bits per heavy atom. The Kier molecular flexibility index (Phi) is 4.61. The standard InChI is InChI=1S/C16H13NO6/c1-23-15-9-10(2-7-14(15)18)8-13(16(19)20)11-3-5-12(6-4-11)17(21)22/h2-9,18H,1H3,(H,19,20)/b13-8+. The summed E-state index contributed by atoms with van der Waals surface area (Å²) in [5, 5.41) is 29.6. The molecular weight excluding hydrogens is 302 g/mol. The van der Waals surface area contributed by atoms with Crippen molar-refractivity contribution < 1.29 is 24.7 Å². The van der Waals surface area contributed by atoms with Crippen LogP contribution in [0.3, 0.4) is 0 Å². The number of ether oxygens (including phenoxy) is 1. The summed E-state index contributed by atoms with van der Waals surface area (Å²) < 4.78 is 4.97. The Balaban J connectivity index is 2.45. The molecule has 0 spiro atoms. The molecule has 2 N–H and O–H groups in total. The van der Waals surface area contributed by atoms with Gasteiger partial charge in [0.2, 0.25) is 0 Å². The lowest BCUT2D eigenvalue weighted by molar-refractivity contribution is -0.384. The van der Waals surface area contributed by atoms with E-state index >= 15 is 0 Å². The smallest absolute Gasteiger partial charge is 0.336 e. The minimum atomic E-state index is -1.18. The third kappa shape index (κ3) is 3.65. The lowest BCUT2D eigenvalue weighted by Crippen LogP contribution is -2.00. The Morgan fingerprint density at radius 3 is 2.39 bits per heavy atom. The van der Waals surface area contributed by atoms with Gasteiger partial charge in [-0.1, -0.05) is 6.07 Å². The van der Waals surface area contributed by atoms with Crippen molar-refractivity contribution in [3.63, 3.8) is 0 Å². The molecule has 0 bridgehead atoms. The van der Waals surface area contributed by atoms with E-state index in [-0.39, 0.29) is 22.8 Å². The number of methoxy groups -OCH3 is 1. The molecule has 0 radical (unpaired) electrons. The van der Waals surface area contributed by atoms with Crippen molar-refractivity contribution >= 4 is 23.3 Å². The van der Waals surface area contributed by atoms with Crippen molar-refractivity contribution in [2.24, 2.45) is 0 Å². The van der Waals surface area contributed by atoms with Gasteiger partial charge in [-0.05, 0) is 41.5 Å². The van der Waals surface area contributed by atoms with Gasteiger partial charge in [0.05, 0.1) is 17.6 Å². The molecule has 0 heterocycles. The highest BCUT2D eigenvalue weighted by Gasteiger charge is 2.13. The minimum Gasteiger partial charge on any atom is -0.504 e. The van der Waals surface area contributed by atoms with Crippen LogP contribution in [0.25, 0.3) is 11.6 Å². The van der Waals surface area contributed by atoms with Crippen LogP contribution < -0.4 is 4.74 Å². The molecule has 2 aromatic carbocycles. The van der Waals surface area contributed by atoms with Gasteiger partial charge < -0.3 is 14.9 Å². The number of phenols is 1. The van der Waals surface area contributed by atoms with E-state index in [2.05, 4.69) is 0 Å². The Labute approximate surface area is 131 Å². The van der Waals surface area contributed by atoms with Gasteiger partial charge in [-0.15, -0.1) is 0 Å². The van der Waals surface area contributed by atoms with Crippen molar-refractivity contribution in [3.05, 3.63) is 63.7 Å². The largest absolute Gasteiger partial charge is 0.504 e. The summed E-state index contributed by atoms with van der Waals surface area (Å²) in [6, 6.07) is 9.63. The molecule has 7 heteroatoms. The third-order valence-corrected chi connectivity index (χ3v) is 3.13.